The maximum atomic E-state index is 12.9. The van der Waals surface area contributed by atoms with Gasteiger partial charge in [-0.2, -0.15) is 0 Å². The fraction of sp³-hybridized carbons (Fsp3) is 0.951. The molecule has 1 unspecified atom stereocenters. The van der Waals surface area contributed by atoms with Crippen molar-refractivity contribution in [1.82, 2.24) is 0 Å². The molecule has 0 fully saturated rings. The Morgan fingerprint density at radius 2 is 0.522 bits per heavy atom. The molecular weight excluding hydrogens is 829 g/mol. The number of carbonyl (C=O) groups excluding carboxylic acids is 3. The van der Waals surface area contributed by atoms with Crippen LogP contribution < -0.4 is 0 Å². The first-order valence-electron chi connectivity index (χ1n) is 30.1. The van der Waals surface area contributed by atoms with E-state index in [1.54, 1.807) is 0 Å². The van der Waals surface area contributed by atoms with Gasteiger partial charge in [0.2, 0.25) is 0 Å². The lowest BCUT2D eigenvalue weighted by atomic mass is 9.99. The van der Waals surface area contributed by atoms with Crippen LogP contribution in [0.4, 0.5) is 0 Å². The number of hydrogen-bond acceptors (Lipinski definition) is 6. The molecule has 0 radical (unpaired) electrons. The second-order valence-corrected chi connectivity index (χ2v) is 22.2. The van der Waals surface area contributed by atoms with Crippen molar-refractivity contribution < 1.29 is 28.6 Å². The van der Waals surface area contributed by atoms with Crippen LogP contribution in [0.3, 0.4) is 0 Å². The van der Waals surface area contributed by atoms with Crippen molar-refractivity contribution in [3.8, 4) is 0 Å². The number of carbonyl (C=O) groups is 3. The van der Waals surface area contributed by atoms with Gasteiger partial charge in [-0.25, -0.2) is 0 Å². The van der Waals surface area contributed by atoms with E-state index in [1.807, 2.05) is 0 Å². The molecule has 0 saturated carbocycles. The Labute approximate surface area is 418 Å². The zero-order valence-corrected chi connectivity index (χ0v) is 46.2. The highest BCUT2D eigenvalue weighted by Crippen LogP contribution is 2.19. The molecule has 0 spiro atoms. The lowest BCUT2D eigenvalue weighted by Gasteiger charge is -2.18. The van der Waals surface area contributed by atoms with E-state index >= 15 is 0 Å². The number of ether oxygens (including phenoxy) is 3. The van der Waals surface area contributed by atoms with Crippen molar-refractivity contribution in [2.24, 2.45) is 17.8 Å². The topological polar surface area (TPSA) is 78.9 Å². The summed E-state index contributed by atoms with van der Waals surface area (Å²) in [6.07, 6.45) is 55.2. The third-order valence-corrected chi connectivity index (χ3v) is 14.3. The largest absolute Gasteiger partial charge is 0.462 e. The van der Waals surface area contributed by atoms with Crippen LogP contribution in [-0.4, -0.2) is 37.2 Å². The molecule has 0 aromatic heterocycles. The molecular formula is C61H118O6. The molecule has 0 N–H and O–H groups in total. The van der Waals surface area contributed by atoms with Gasteiger partial charge in [0.05, 0.1) is 0 Å². The summed E-state index contributed by atoms with van der Waals surface area (Å²) in [5, 5.41) is 0. The lowest BCUT2D eigenvalue weighted by molar-refractivity contribution is -0.167. The van der Waals surface area contributed by atoms with E-state index in [9.17, 15) is 14.4 Å². The van der Waals surface area contributed by atoms with E-state index in [4.69, 9.17) is 14.2 Å². The molecule has 6 heteroatoms. The Bertz CT molecular complexity index is 1040. The standard InChI is InChI=1S/C61H118O6/c1-7-57(6)49-43-37-31-25-18-14-11-12-16-20-28-34-40-46-52-61(64)67-58(54-66-60(63)51-45-39-33-27-22-21-24-30-36-42-48-56(4)5)53-65-59(62)50-44-38-32-26-19-15-10-8-9-13-17-23-29-35-41-47-55(2)3/h55-58H,7-54H2,1-6H3/t57?,58-/m1/s1. The van der Waals surface area contributed by atoms with Crippen molar-refractivity contribution >= 4 is 17.9 Å². The van der Waals surface area contributed by atoms with Crippen LogP contribution in [0.25, 0.3) is 0 Å². The van der Waals surface area contributed by atoms with E-state index < -0.39 is 6.10 Å². The van der Waals surface area contributed by atoms with Gasteiger partial charge in [-0.05, 0) is 37.0 Å². The van der Waals surface area contributed by atoms with Gasteiger partial charge in [0.15, 0.2) is 6.10 Å². The van der Waals surface area contributed by atoms with Gasteiger partial charge in [-0.3, -0.25) is 14.4 Å². The minimum absolute atomic E-state index is 0.0632. The lowest BCUT2D eigenvalue weighted by Crippen LogP contribution is -2.30. The maximum Gasteiger partial charge on any atom is 0.306 e. The molecule has 0 heterocycles. The predicted octanol–water partition coefficient (Wildman–Crippen LogP) is 19.9. The van der Waals surface area contributed by atoms with Crippen LogP contribution in [0.5, 0.6) is 0 Å². The average Bonchev–Trinajstić information content (AvgIpc) is 3.30. The van der Waals surface area contributed by atoms with Crippen LogP contribution >= 0.6 is 0 Å². The molecule has 398 valence electrons. The zero-order valence-electron chi connectivity index (χ0n) is 46.2. The smallest absolute Gasteiger partial charge is 0.306 e. The monoisotopic (exact) mass is 947 g/mol. The fourth-order valence-electron chi connectivity index (χ4n) is 9.32. The van der Waals surface area contributed by atoms with Gasteiger partial charge < -0.3 is 14.2 Å². The molecule has 2 atom stereocenters. The maximum absolute atomic E-state index is 12.9. The minimum atomic E-state index is -0.764. The van der Waals surface area contributed by atoms with Crippen molar-refractivity contribution in [2.75, 3.05) is 13.2 Å². The van der Waals surface area contributed by atoms with Crippen molar-refractivity contribution in [3.05, 3.63) is 0 Å². The highest BCUT2D eigenvalue weighted by Gasteiger charge is 2.19. The zero-order chi connectivity index (χ0) is 49.1. The van der Waals surface area contributed by atoms with Crippen LogP contribution in [0.1, 0.15) is 337 Å². The summed E-state index contributed by atoms with van der Waals surface area (Å²) in [6, 6.07) is 0. The third-order valence-electron chi connectivity index (χ3n) is 14.3. The van der Waals surface area contributed by atoms with E-state index in [1.165, 1.54) is 218 Å². The quantitative estimate of drug-likeness (QED) is 0.0343. The summed E-state index contributed by atoms with van der Waals surface area (Å²) in [6.45, 7) is 13.8. The summed E-state index contributed by atoms with van der Waals surface area (Å²) in [7, 11) is 0. The Morgan fingerprint density at radius 3 is 0.776 bits per heavy atom. The van der Waals surface area contributed by atoms with Gasteiger partial charge in [0, 0.05) is 19.3 Å². The molecule has 67 heavy (non-hydrogen) atoms. The van der Waals surface area contributed by atoms with Gasteiger partial charge in [0.1, 0.15) is 13.2 Å². The molecule has 0 aliphatic heterocycles. The first kappa shape index (κ1) is 65.4. The first-order chi connectivity index (χ1) is 32.6. The Kier molecular flexibility index (Phi) is 51.0. The summed E-state index contributed by atoms with van der Waals surface area (Å²) < 4.78 is 16.9. The Morgan fingerprint density at radius 1 is 0.299 bits per heavy atom. The minimum Gasteiger partial charge on any atom is -0.462 e. The molecule has 0 rings (SSSR count). The molecule has 0 amide bonds. The molecule has 0 aliphatic rings. The SMILES string of the molecule is CCC(C)CCCCCCCCCCCCCCCCC(=O)O[C@H](COC(=O)CCCCCCCCCCCCCCCCCC(C)C)COC(=O)CCCCCCCCCCCCC(C)C. The second-order valence-electron chi connectivity index (χ2n) is 22.2. The van der Waals surface area contributed by atoms with Crippen molar-refractivity contribution in [1.29, 1.82) is 0 Å². The second kappa shape index (κ2) is 52.2. The number of unbranched alkanes of at least 4 members (excludes halogenated alkanes) is 36. The fourth-order valence-corrected chi connectivity index (χ4v) is 9.32. The van der Waals surface area contributed by atoms with E-state index in [0.717, 1.165) is 75.5 Å². The van der Waals surface area contributed by atoms with Gasteiger partial charge in [0.25, 0.3) is 0 Å². The third kappa shape index (κ3) is 53.6. The first-order valence-corrected chi connectivity index (χ1v) is 30.1. The molecule has 0 aromatic rings. The van der Waals surface area contributed by atoms with Crippen LogP contribution in [0.2, 0.25) is 0 Å². The van der Waals surface area contributed by atoms with E-state index in [2.05, 4.69) is 41.5 Å². The van der Waals surface area contributed by atoms with Gasteiger partial charge in [-0.1, -0.05) is 298 Å². The van der Waals surface area contributed by atoms with Crippen molar-refractivity contribution in [3.63, 3.8) is 0 Å². The van der Waals surface area contributed by atoms with Crippen LogP contribution in [0.15, 0.2) is 0 Å². The molecule has 0 saturated heterocycles. The van der Waals surface area contributed by atoms with Gasteiger partial charge >= 0.3 is 17.9 Å². The molecule has 0 aromatic carbocycles. The van der Waals surface area contributed by atoms with Crippen LogP contribution in [-0.2, 0) is 28.6 Å². The highest BCUT2D eigenvalue weighted by molar-refractivity contribution is 5.71. The number of rotatable bonds is 54. The highest BCUT2D eigenvalue weighted by atomic mass is 16.6. The molecule has 0 aliphatic carbocycles. The number of hydrogen-bond donors (Lipinski definition) is 0. The number of esters is 3. The normalized spacial score (nSPS) is 12.5. The van der Waals surface area contributed by atoms with E-state index in [0.29, 0.717) is 19.3 Å². The van der Waals surface area contributed by atoms with Crippen LogP contribution in [0, 0.1) is 17.8 Å². The summed E-state index contributed by atoms with van der Waals surface area (Å²) in [5.74, 6) is 1.72. The van der Waals surface area contributed by atoms with Crippen molar-refractivity contribution in [2.45, 2.75) is 343 Å². The molecule has 0 bridgehead atoms. The Hall–Kier alpha value is -1.59. The molecule has 6 nitrogen and oxygen atoms in total. The average molecular weight is 948 g/mol. The summed E-state index contributed by atoms with van der Waals surface area (Å²) in [5.41, 5.74) is 0. The Balaban J connectivity index is 4.29. The van der Waals surface area contributed by atoms with E-state index in [-0.39, 0.29) is 31.1 Å². The predicted molar refractivity (Wildman–Crippen MR) is 289 cm³/mol. The summed E-state index contributed by atoms with van der Waals surface area (Å²) in [4.78, 5) is 38.2. The van der Waals surface area contributed by atoms with Gasteiger partial charge in [-0.15, -0.1) is 0 Å². The summed E-state index contributed by atoms with van der Waals surface area (Å²) >= 11 is 0.